The highest BCUT2D eigenvalue weighted by molar-refractivity contribution is 5.74. The van der Waals surface area contributed by atoms with Gasteiger partial charge in [-0.3, -0.25) is 19.2 Å². The van der Waals surface area contributed by atoms with Crippen molar-refractivity contribution < 1.29 is 43.7 Å². The second-order valence-electron chi connectivity index (χ2n) is 11.9. The first kappa shape index (κ1) is 46.2. The number of aromatic nitrogens is 3. The Bertz CT molecular complexity index is 1410. The van der Waals surface area contributed by atoms with Crippen LogP contribution in [0.1, 0.15) is 85.9 Å². The zero-order valence-electron chi connectivity index (χ0n) is 30.6. The van der Waals surface area contributed by atoms with E-state index in [9.17, 15) is 14.4 Å². The molecular weight excluding hydrogens is 662 g/mol. The monoisotopic (exact) mass is 717 g/mol. The molecule has 1 fully saturated rings. The minimum absolute atomic E-state index is 0.0124. The standard InChI is InChI=1S/C17H19N5O3.C9H19NO2.2C4H8O2.CHN/c18-17-15-8-7-14(22(15)20-11-19-17)16-9-6-13(24-16)10-23-21-25-12-4-2-1-3-5-12;1-4-8(5-2)6-12-9(11)7(3)10;2*1-3(2)4(5)6;1-2/h1-5,7-8,11,13,16,21H,6,9-10H2,(H2,18,19,20);7-8H,4-6,10H2,1-3H3;2*3H,1-2H3,(H,5,6);1H. The van der Waals surface area contributed by atoms with Crippen LogP contribution < -0.4 is 21.9 Å². The number of benzene rings is 1. The van der Waals surface area contributed by atoms with E-state index in [-0.39, 0.29) is 30.0 Å². The highest BCUT2D eigenvalue weighted by atomic mass is 16.9. The van der Waals surface area contributed by atoms with Crippen LogP contribution in [0, 0.1) is 29.6 Å². The number of nitrogen functional groups attached to an aromatic ring is 1. The summed E-state index contributed by atoms with van der Waals surface area (Å²) >= 11 is 0. The van der Waals surface area contributed by atoms with Crippen molar-refractivity contribution >= 4 is 29.2 Å². The lowest BCUT2D eigenvalue weighted by Crippen LogP contribution is -2.30. The number of para-hydroxylation sites is 1. The fourth-order valence-electron chi connectivity index (χ4n) is 3.81. The predicted octanol–water partition coefficient (Wildman–Crippen LogP) is 4.95. The molecule has 284 valence electrons. The Balaban J connectivity index is 0.000000801. The maximum Gasteiger partial charge on any atom is 0.322 e. The molecule has 1 aromatic carbocycles. The van der Waals surface area contributed by atoms with Crippen molar-refractivity contribution in [2.24, 2.45) is 23.5 Å². The van der Waals surface area contributed by atoms with Gasteiger partial charge in [-0.15, -0.1) is 0 Å². The smallest absolute Gasteiger partial charge is 0.322 e. The van der Waals surface area contributed by atoms with Gasteiger partial charge in [0.05, 0.1) is 36.8 Å². The number of fused-ring (bicyclic) bond motifs is 1. The molecule has 16 heteroatoms. The summed E-state index contributed by atoms with van der Waals surface area (Å²) in [5, 5.41) is 26.7. The number of carbonyl (C=O) groups excluding carboxylic acids is 1. The van der Waals surface area contributed by atoms with Gasteiger partial charge in [0.2, 0.25) is 0 Å². The third-order valence-electron chi connectivity index (χ3n) is 7.15. The van der Waals surface area contributed by atoms with Crippen molar-refractivity contribution in [3.63, 3.8) is 0 Å². The van der Waals surface area contributed by atoms with E-state index in [0.717, 1.165) is 36.9 Å². The summed E-state index contributed by atoms with van der Waals surface area (Å²) < 4.78 is 12.8. The number of esters is 1. The Morgan fingerprint density at radius 2 is 1.57 bits per heavy atom. The van der Waals surface area contributed by atoms with Crippen LogP contribution in [0.3, 0.4) is 0 Å². The number of hydrogen-bond acceptors (Lipinski definition) is 13. The van der Waals surface area contributed by atoms with Crippen molar-refractivity contribution in [1.82, 2.24) is 20.2 Å². The van der Waals surface area contributed by atoms with Crippen LogP contribution in [-0.4, -0.2) is 68.1 Å². The van der Waals surface area contributed by atoms with Gasteiger partial charge in [-0.05, 0) is 55.6 Å². The molecule has 16 nitrogen and oxygen atoms in total. The molecule has 0 amide bonds. The average Bonchev–Trinajstić information content (AvgIpc) is 3.77. The van der Waals surface area contributed by atoms with Crippen LogP contribution in [0.15, 0.2) is 48.8 Å². The van der Waals surface area contributed by atoms with Gasteiger partial charge in [0.25, 0.3) is 0 Å². The van der Waals surface area contributed by atoms with Crippen LogP contribution in [-0.2, 0) is 28.7 Å². The molecule has 4 rings (SSSR count). The summed E-state index contributed by atoms with van der Waals surface area (Å²) in [7, 11) is 0. The minimum atomic E-state index is -0.741. The zero-order valence-corrected chi connectivity index (χ0v) is 30.6. The van der Waals surface area contributed by atoms with Gasteiger partial charge in [0, 0.05) is 6.57 Å². The third-order valence-corrected chi connectivity index (χ3v) is 7.15. The fourth-order valence-corrected chi connectivity index (χ4v) is 3.81. The van der Waals surface area contributed by atoms with Crippen molar-refractivity contribution in [1.29, 1.82) is 5.26 Å². The maximum absolute atomic E-state index is 10.9. The number of carbonyl (C=O) groups is 3. The van der Waals surface area contributed by atoms with E-state index in [1.165, 1.54) is 6.33 Å². The number of nitriles is 1. The van der Waals surface area contributed by atoms with Gasteiger partial charge in [-0.1, -0.05) is 72.6 Å². The Morgan fingerprint density at radius 3 is 2.08 bits per heavy atom. The number of carboxylic acids is 2. The van der Waals surface area contributed by atoms with Gasteiger partial charge < -0.3 is 36.0 Å². The number of nitrogens with two attached hydrogens (primary N) is 2. The topological polar surface area (TPSA) is 247 Å². The number of aliphatic carboxylic acids is 2. The largest absolute Gasteiger partial charge is 0.481 e. The van der Waals surface area contributed by atoms with Crippen molar-refractivity contribution in [3.05, 3.63) is 54.5 Å². The SMILES string of the molecule is C#N.CC(C)C(=O)O.CC(C)C(=O)O.CCC(CC)COC(=O)C(C)N.Nc1ncnn2c(C3CCC(CONOc4ccccc4)O3)ccc12. The first-order valence-electron chi connectivity index (χ1n) is 16.7. The van der Waals surface area contributed by atoms with Crippen LogP contribution in [0.5, 0.6) is 5.75 Å². The summed E-state index contributed by atoms with van der Waals surface area (Å²) in [6.45, 7) is 16.8. The molecular formula is C35H55N7O9. The Kier molecular flexibility index (Phi) is 23.6. The van der Waals surface area contributed by atoms with Gasteiger partial charge in [-0.25, -0.2) is 14.8 Å². The first-order valence-corrected chi connectivity index (χ1v) is 16.7. The van der Waals surface area contributed by atoms with Gasteiger partial charge >= 0.3 is 17.9 Å². The van der Waals surface area contributed by atoms with Crippen LogP contribution in [0.4, 0.5) is 5.82 Å². The van der Waals surface area contributed by atoms with E-state index < -0.39 is 18.0 Å². The van der Waals surface area contributed by atoms with Crippen LogP contribution >= 0.6 is 0 Å². The zero-order chi connectivity index (χ0) is 38.9. The number of ether oxygens (including phenoxy) is 2. The molecule has 51 heavy (non-hydrogen) atoms. The highest BCUT2D eigenvalue weighted by Gasteiger charge is 2.29. The second kappa shape index (κ2) is 26.1. The number of carboxylic acid groups (broad SMARTS) is 2. The molecule has 1 aliphatic heterocycles. The molecule has 3 atom stereocenters. The first-order chi connectivity index (χ1) is 24.2. The molecule has 1 saturated heterocycles. The third kappa shape index (κ3) is 18.7. The molecule has 3 aromatic rings. The highest BCUT2D eigenvalue weighted by Crippen LogP contribution is 2.33. The maximum atomic E-state index is 10.9. The molecule has 0 radical (unpaired) electrons. The lowest BCUT2D eigenvalue weighted by Gasteiger charge is -2.14. The molecule has 7 N–H and O–H groups in total. The van der Waals surface area contributed by atoms with Crippen LogP contribution in [0.2, 0.25) is 0 Å². The lowest BCUT2D eigenvalue weighted by atomic mass is 10.1. The predicted molar refractivity (Wildman–Crippen MR) is 191 cm³/mol. The normalized spacial score (nSPS) is 15.2. The summed E-state index contributed by atoms with van der Waals surface area (Å²) in [5.41, 5.74) is 15.5. The molecule has 3 heterocycles. The number of nitrogens with one attached hydrogen (secondary N) is 1. The van der Waals surface area contributed by atoms with Crippen molar-refractivity contribution in [2.45, 2.75) is 92.4 Å². The van der Waals surface area contributed by atoms with Gasteiger partial charge in [0.1, 0.15) is 29.7 Å². The summed E-state index contributed by atoms with van der Waals surface area (Å²) in [4.78, 5) is 44.9. The molecule has 1 aliphatic rings. The van der Waals surface area contributed by atoms with Gasteiger partial charge in [0.15, 0.2) is 5.82 Å². The van der Waals surface area contributed by atoms with Gasteiger partial charge in [-0.2, -0.15) is 5.10 Å². The van der Waals surface area contributed by atoms with Crippen LogP contribution in [0.25, 0.3) is 5.52 Å². The summed E-state index contributed by atoms with van der Waals surface area (Å²) in [6, 6.07) is 12.8. The summed E-state index contributed by atoms with van der Waals surface area (Å²) in [6.07, 6.45) is 5.27. The molecule has 3 unspecified atom stereocenters. The van der Waals surface area contributed by atoms with Crippen molar-refractivity contribution in [2.75, 3.05) is 18.9 Å². The molecule has 2 aromatic heterocycles. The van der Waals surface area contributed by atoms with Crippen molar-refractivity contribution in [3.8, 4) is 12.3 Å². The Labute approximate surface area is 299 Å². The average molecular weight is 718 g/mol. The molecule has 0 saturated carbocycles. The number of hydrogen-bond donors (Lipinski definition) is 5. The Morgan fingerprint density at radius 1 is 1.00 bits per heavy atom. The van der Waals surface area contributed by atoms with E-state index in [1.54, 1.807) is 39.1 Å². The Hall–Kier alpha value is -4.82. The van der Waals surface area contributed by atoms with E-state index in [0.29, 0.717) is 30.7 Å². The molecule has 0 bridgehead atoms. The quantitative estimate of drug-likeness (QED) is 0.0891. The van der Waals surface area contributed by atoms with E-state index in [1.807, 2.05) is 42.5 Å². The molecule has 0 spiro atoms. The number of nitrogens with zero attached hydrogens (tertiary/aromatic N) is 4. The second-order valence-corrected chi connectivity index (χ2v) is 11.9. The number of anilines is 1. The minimum Gasteiger partial charge on any atom is -0.481 e. The van der Waals surface area contributed by atoms with E-state index in [4.69, 9.17) is 46.1 Å². The fraction of sp³-hybridized carbons (Fsp3) is 0.543. The lowest BCUT2D eigenvalue weighted by molar-refractivity contribution is -0.146. The number of rotatable bonds is 13. The summed E-state index contributed by atoms with van der Waals surface area (Å²) in [5.74, 6) is -0.624. The van der Waals surface area contributed by atoms with E-state index in [2.05, 4.69) is 36.1 Å². The van der Waals surface area contributed by atoms with E-state index >= 15 is 0 Å². The molecule has 0 aliphatic carbocycles.